The predicted molar refractivity (Wildman–Crippen MR) is 217 cm³/mol. The van der Waals surface area contributed by atoms with Gasteiger partial charge in [-0.05, 0) is 57.8 Å². The molecule has 0 bridgehead atoms. The lowest BCUT2D eigenvalue weighted by Gasteiger charge is -2.20. The van der Waals surface area contributed by atoms with Crippen molar-refractivity contribution in [3.05, 3.63) is 48.6 Å². The third kappa shape index (κ3) is 38.0. The number of ether oxygens (including phenoxy) is 2. The largest absolute Gasteiger partial charge is 0.480 e. The number of aliphatic carboxylic acids is 1. The molecule has 0 fully saturated rings. The van der Waals surface area contributed by atoms with Crippen molar-refractivity contribution < 1.29 is 42.7 Å². The maximum Gasteiger partial charge on any atom is 0.472 e. The highest BCUT2D eigenvalue weighted by Crippen LogP contribution is 2.43. The second-order valence-electron chi connectivity index (χ2n) is 13.8. The van der Waals surface area contributed by atoms with Gasteiger partial charge in [-0.15, -0.1) is 0 Å². The number of phosphoric acid groups is 1. The van der Waals surface area contributed by atoms with Crippen molar-refractivity contribution in [2.45, 2.75) is 180 Å². The Labute approximate surface area is 322 Å². The van der Waals surface area contributed by atoms with E-state index in [1.54, 1.807) is 0 Å². The summed E-state index contributed by atoms with van der Waals surface area (Å²) in [7, 11) is -4.60. The summed E-state index contributed by atoms with van der Waals surface area (Å²) in [5.74, 6) is -1.72. The van der Waals surface area contributed by atoms with E-state index in [1.807, 2.05) is 0 Å². The molecule has 0 aromatic rings. The van der Waals surface area contributed by atoms with E-state index in [-0.39, 0.29) is 19.2 Å². The first-order chi connectivity index (χ1) is 25.7. The number of hydrogen-bond donors (Lipinski definition) is 3. The smallest absolute Gasteiger partial charge is 0.472 e. The van der Waals surface area contributed by atoms with E-state index in [4.69, 9.17) is 29.4 Å². The van der Waals surface area contributed by atoms with Gasteiger partial charge in [0.05, 0.1) is 13.2 Å². The molecule has 3 atom stereocenters. The van der Waals surface area contributed by atoms with Gasteiger partial charge in [0.25, 0.3) is 0 Å². The van der Waals surface area contributed by atoms with Gasteiger partial charge in [-0.3, -0.25) is 18.6 Å². The highest BCUT2D eigenvalue weighted by molar-refractivity contribution is 7.47. The summed E-state index contributed by atoms with van der Waals surface area (Å²) < 4.78 is 33.3. The number of carbonyl (C=O) groups is 2. The van der Waals surface area contributed by atoms with E-state index in [9.17, 15) is 19.0 Å². The van der Waals surface area contributed by atoms with E-state index >= 15 is 0 Å². The van der Waals surface area contributed by atoms with Crippen LogP contribution >= 0.6 is 7.82 Å². The molecule has 0 aliphatic carbocycles. The number of unbranched alkanes of at least 4 members (excludes halogenated alkanes) is 17. The van der Waals surface area contributed by atoms with E-state index in [0.717, 1.165) is 57.8 Å². The molecule has 11 heteroatoms. The monoisotopic (exact) mass is 770 g/mol. The summed E-state index contributed by atoms with van der Waals surface area (Å²) in [5.41, 5.74) is 5.35. The summed E-state index contributed by atoms with van der Waals surface area (Å²) in [6.07, 6.45) is 43.2. The molecule has 10 nitrogen and oxygen atoms in total. The van der Waals surface area contributed by atoms with Crippen LogP contribution in [0.2, 0.25) is 0 Å². The summed E-state index contributed by atoms with van der Waals surface area (Å²) in [4.78, 5) is 33.3. The Morgan fingerprint density at radius 1 is 0.604 bits per heavy atom. The van der Waals surface area contributed by atoms with Crippen LogP contribution in [0, 0.1) is 0 Å². The molecular formula is C42H76NO9P. The fourth-order valence-electron chi connectivity index (χ4n) is 5.33. The zero-order valence-corrected chi connectivity index (χ0v) is 34.2. The maximum absolute atomic E-state index is 12.4. The van der Waals surface area contributed by atoms with Gasteiger partial charge in [-0.1, -0.05) is 152 Å². The first-order valence-corrected chi connectivity index (χ1v) is 22.2. The van der Waals surface area contributed by atoms with Crippen LogP contribution in [-0.4, -0.2) is 60.5 Å². The number of nitrogens with two attached hydrogens (primary N) is 1. The van der Waals surface area contributed by atoms with Gasteiger partial charge in [0, 0.05) is 13.0 Å². The van der Waals surface area contributed by atoms with E-state index < -0.39 is 32.5 Å². The molecule has 0 spiro atoms. The first-order valence-electron chi connectivity index (χ1n) is 20.7. The number of carboxylic acid groups (broad SMARTS) is 1. The van der Waals surface area contributed by atoms with Crippen molar-refractivity contribution >= 4 is 19.8 Å². The second-order valence-corrected chi connectivity index (χ2v) is 15.2. The Balaban J connectivity index is 4.36. The minimum Gasteiger partial charge on any atom is -0.480 e. The molecule has 0 amide bonds. The van der Waals surface area contributed by atoms with Crippen LogP contribution in [0.1, 0.15) is 168 Å². The molecule has 0 rings (SSSR count). The van der Waals surface area contributed by atoms with E-state index in [0.29, 0.717) is 13.0 Å². The molecule has 308 valence electrons. The average molecular weight is 770 g/mol. The van der Waals surface area contributed by atoms with Crippen LogP contribution < -0.4 is 5.73 Å². The highest BCUT2D eigenvalue weighted by atomic mass is 31.2. The molecule has 0 aliphatic heterocycles. The van der Waals surface area contributed by atoms with Gasteiger partial charge in [0.2, 0.25) is 0 Å². The highest BCUT2D eigenvalue weighted by Gasteiger charge is 2.27. The van der Waals surface area contributed by atoms with Crippen LogP contribution in [0.3, 0.4) is 0 Å². The Hall–Kier alpha value is -2.07. The molecule has 4 N–H and O–H groups in total. The molecule has 3 unspecified atom stereocenters. The maximum atomic E-state index is 12.4. The normalized spacial score (nSPS) is 14.5. The zero-order chi connectivity index (χ0) is 39.1. The van der Waals surface area contributed by atoms with Crippen LogP contribution in [0.5, 0.6) is 0 Å². The lowest BCUT2D eigenvalue weighted by atomic mass is 10.0. The SMILES string of the molecule is CCCCC/C=C\C/C=C\C/C=C\C/C=C\CCCCOC(COC(=O)CCCCCCCCCCCCCCC)COP(=O)(O)OCC(N)C(=O)O. The quantitative estimate of drug-likeness (QED) is 0.0238. The number of carbonyl (C=O) groups excluding carboxylic acids is 1. The van der Waals surface area contributed by atoms with Crippen LogP contribution in [0.4, 0.5) is 0 Å². The zero-order valence-electron chi connectivity index (χ0n) is 33.3. The Kier molecular flexibility index (Phi) is 36.7. The Morgan fingerprint density at radius 2 is 1.04 bits per heavy atom. The van der Waals surface area contributed by atoms with Gasteiger partial charge < -0.3 is 25.2 Å². The molecule has 0 aliphatic rings. The van der Waals surface area contributed by atoms with Gasteiger partial charge in [0.15, 0.2) is 0 Å². The topological polar surface area (TPSA) is 155 Å². The summed E-state index contributed by atoms with van der Waals surface area (Å²) in [6, 6.07) is -1.47. The Morgan fingerprint density at radius 3 is 1.55 bits per heavy atom. The van der Waals surface area contributed by atoms with Gasteiger partial charge in [-0.2, -0.15) is 0 Å². The third-order valence-corrected chi connectivity index (χ3v) is 9.60. The van der Waals surface area contributed by atoms with Gasteiger partial charge >= 0.3 is 19.8 Å². The van der Waals surface area contributed by atoms with Gasteiger partial charge in [-0.25, -0.2) is 4.57 Å². The fourth-order valence-corrected chi connectivity index (χ4v) is 6.10. The summed E-state index contributed by atoms with van der Waals surface area (Å²) in [6.45, 7) is 3.61. The second kappa shape index (κ2) is 38.2. The van der Waals surface area contributed by atoms with E-state index in [2.05, 4.69) is 62.5 Å². The number of allylic oxidation sites excluding steroid dienone is 8. The van der Waals surface area contributed by atoms with Crippen molar-refractivity contribution in [2.75, 3.05) is 26.4 Å². The molecular weight excluding hydrogens is 693 g/mol. The minimum absolute atomic E-state index is 0.136. The van der Waals surface area contributed by atoms with Crippen molar-refractivity contribution in [3.63, 3.8) is 0 Å². The fraction of sp³-hybridized carbons (Fsp3) is 0.762. The lowest BCUT2D eigenvalue weighted by molar-refractivity contribution is -0.149. The molecule has 0 radical (unpaired) electrons. The minimum atomic E-state index is -4.60. The van der Waals surface area contributed by atoms with Crippen molar-refractivity contribution in [1.82, 2.24) is 0 Å². The summed E-state index contributed by atoms with van der Waals surface area (Å²) >= 11 is 0. The lowest BCUT2D eigenvalue weighted by Crippen LogP contribution is -2.34. The summed E-state index contributed by atoms with van der Waals surface area (Å²) in [5, 5.41) is 8.88. The molecule has 0 heterocycles. The van der Waals surface area contributed by atoms with Crippen LogP contribution in [0.25, 0.3) is 0 Å². The van der Waals surface area contributed by atoms with Gasteiger partial charge in [0.1, 0.15) is 18.8 Å². The number of carboxylic acids is 1. The molecule has 0 saturated heterocycles. The molecule has 0 aromatic heterocycles. The molecule has 53 heavy (non-hydrogen) atoms. The predicted octanol–water partition coefficient (Wildman–Crippen LogP) is 11.1. The van der Waals surface area contributed by atoms with Crippen LogP contribution in [-0.2, 0) is 32.7 Å². The third-order valence-electron chi connectivity index (χ3n) is 8.65. The number of phosphoric ester groups is 1. The number of hydrogen-bond acceptors (Lipinski definition) is 8. The Bertz CT molecular complexity index is 1030. The number of esters is 1. The number of rotatable bonds is 39. The standard InChI is InChI=1S/C42H76NO9P/c1-3-5-7-9-11-13-15-17-18-19-20-21-23-25-27-29-31-33-35-49-39(37-51-53(47,48)52-38-40(43)42(45)46)36-50-41(44)34-32-30-28-26-24-22-16-14-12-10-8-6-4-2/h11,13,17-18,20-21,25,27,39-40H,3-10,12,14-16,19,22-24,26,28-38,43H2,1-2H3,(H,45,46)(H,47,48)/b13-11-,18-17-,21-20-,27-25-. The van der Waals surface area contributed by atoms with Crippen LogP contribution in [0.15, 0.2) is 48.6 Å². The van der Waals surface area contributed by atoms with E-state index in [1.165, 1.54) is 89.9 Å². The van der Waals surface area contributed by atoms with Crippen molar-refractivity contribution in [3.8, 4) is 0 Å². The van der Waals surface area contributed by atoms with Crippen molar-refractivity contribution in [1.29, 1.82) is 0 Å². The average Bonchev–Trinajstić information content (AvgIpc) is 3.14. The molecule has 0 aromatic carbocycles. The first kappa shape index (κ1) is 50.9. The van der Waals surface area contributed by atoms with Crippen molar-refractivity contribution in [2.24, 2.45) is 5.73 Å². The molecule has 0 saturated carbocycles.